The van der Waals surface area contributed by atoms with Gasteiger partial charge in [-0.05, 0) is 43.0 Å². The number of thioether (sulfide) groups is 1. The Morgan fingerprint density at radius 2 is 2.39 bits per heavy atom. The van der Waals surface area contributed by atoms with Crippen molar-refractivity contribution in [3.05, 3.63) is 35.1 Å². The molecule has 0 saturated carbocycles. The number of rotatable bonds is 4. The van der Waals surface area contributed by atoms with E-state index >= 15 is 0 Å². The first-order chi connectivity index (χ1) is 8.58. The van der Waals surface area contributed by atoms with Crippen LogP contribution in [0, 0.1) is 5.82 Å². The predicted molar refractivity (Wildman–Crippen MR) is 79.5 cm³/mol. The van der Waals surface area contributed by atoms with Crippen LogP contribution in [0.1, 0.15) is 17.5 Å². The number of benzene rings is 1. The van der Waals surface area contributed by atoms with Crippen LogP contribution in [0.2, 0.25) is 0 Å². The zero-order valence-corrected chi connectivity index (χ0v) is 12.0. The molecular formula is C13H17FN2S2. The molecule has 1 aromatic carbocycles. The topological polar surface area (TPSA) is 29.3 Å². The van der Waals surface area contributed by atoms with E-state index in [1.807, 2.05) is 11.8 Å². The Morgan fingerprint density at radius 1 is 1.61 bits per heavy atom. The van der Waals surface area contributed by atoms with Gasteiger partial charge in [-0.25, -0.2) is 4.39 Å². The molecule has 1 heterocycles. The minimum Gasteiger partial charge on any atom is -0.389 e. The minimum atomic E-state index is -0.237. The molecule has 2 nitrogen and oxygen atoms in total. The molecule has 0 bridgehead atoms. The Balaban J connectivity index is 2.16. The van der Waals surface area contributed by atoms with Gasteiger partial charge < -0.3 is 5.73 Å². The highest BCUT2D eigenvalue weighted by Gasteiger charge is 2.21. The Labute approximate surface area is 117 Å². The van der Waals surface area contributed by atoms with Crippen molar-refractivity contribution in [2.75, 3.05) is 18.6 Å². The SMILES string of the molecule is CN(Cc1cc(F)ccc1C(N)=S)C1CCSC1. The third-order valence-electron chi connectivity index (χ3n) is 3.28. The van der Waals surface area contributed by atoms with Gasteiger partial charge in [-0.15, -0.1) is 0 Å². The van der Waals surface area contributed by atoms with E-state index in [2.05, 4.69) is 11.9 Å². The van der Waals surface area contributed by atoms with E-state index in [-0.39, 0.29) is 5.82 Å². The van der Waals surface area contributed by atoms with Crippen LogP contribution in [0.15, 0.2) is 18.2 Å². The van der Waals surface area contributed by atoms with E-state index in [1.54, 1.807) is 6.07 Å². The van der Waals surface area contributed by atoms with E-state index in [1.165, 1.54) is 24.3 Å². The van der Waals surface area contributed by atoms with Gasteiger partial charge in [0, 0.05) is 23.9 Å². The number of halogens is 1. The lowest BCUT2D eigenvalue weighted by molar-refractivity contribution is 0.254. The second kappa shape index (κ2) is 5.99. The van der Waals surface area contributed by atoms with E-state index in [9.17, 15) is 4.39 Å². The third kappa shape index (κ3) is 3.22. The van der Waals surface area contributed by atoms with Crippen molar-refractivity contribution in [1.82, 2.24) is 4.90 Å². The van der Waals surface area contributed by atoms with Crippen molar-refractivity contribution < 1.29 is 4.39 Å². The molecular weight excluding hydrogens is 267 g/mol. The number of nitrogens with zero attached hydrogens (tertiary/aromatic N) is 1. The molecule has 1 fully saturated rings. The lowest BCUT2D eigenvalue weighted by Crippen LogP contribution is -2.31. The summed E-state index contributed by atoms with van der Waals surface area (Å²) in [5.74, 6) is 2.12. The summed E-state index contributed by atoms with van der Waals surface area (Å²) in [6.07, 6.45) is 1.19. The van der Waals surface area contributed by atoms with Crippen molar-refractivity contribution in [2.45, 2.75) is 19.0 Å². The monoisotopic (exact) mass is 284 g/mol. The Morgan fingerprint density at radius 3 is 3.00 bits per heavy atom. The standard InChI is InChI=1S/C13H17FN2S2/c1-16(11-4-5-18-8-11)7-9-6-10(14)2-3-12(9)13(15)17/h2-3,6,11H,4-5,7-8H2,1H3,(H2,15,17). The number of nitrogens with two attached hydrogens (primary N) is 1. The Kier molecular flexibility index (Phi) is 4.59. The Hall–Kier alpha value is -0.650. The van der Waals surface area contributed by atoms with Crippen LogP contribution >= 0.6 is 24.0 Å². The van der Waals surface area contributed by atoms with Crippen molar-refractivity contribution in [3.63, 3.8) is 0 Å². The van der Waals surface area contributed by atoms with Gasteiger partial charge in [0.05, 0.1) is 0 Å². The highest BCUT2D eigenvalue weighted by Crippen LogP contribution is 2.23. The largest absolute Gasteiger partial charge is 0.389 e. The molecule has 1 atom stereocenters. The minimum absolute atomic E-state index is 0.237. The lowest BCUT2D eigenvalue weighted by atomic mass is 10.1. The molecule has 98 valence electrons. The Bertz CT molecular complexity index is 445. The summed E-state index contributed by atoms with van der Waals surface area (Å²) in [5.41, 5.74) is 7.34. The zero-order valence-electron chi connectivity index (χ0n) is 10.4. The summed E-state index contributed by atoms with van der Waals surface area (Å²) in [5, 5.41) is 0. The average molecular weight is 284 g/mol. The molecule has 1 aromatic rings. The van der Waals surface area contributed by atoms with Gasteiger partial charge >= 0.3 is 0 Å². The summed E-state index contributed by atoms with van der Waals surface area (Å²) < 4.78 is 13.3. The molecule has 0 radical (unpaired) electrons. The predicted octanol–water partition coefficient (Wildman–Crippen LogP) is 2.40. The highest BCUT2D eigenvalue weighted by molar-refractivity contribution is 7.99. The summed E-state index contributed by atoms with van der Waals surface area (Å²) in [6.45, 7) is 0.690. The molecule has 0 aromatic heterocycles. The normalized spacial score (nSPS) is 19.4. The lowest BCUT2D eigenvalue weighted by Gasteiger charge is -2.24. The number of thiocarbonyl (C=S) groups is 1. The van der Waals surface area contributed by atoms with Crippen LogP contribution in [-0.4, -0.2) is 34.5 Å². The van der Waals surface area contributed by atoms with Gasteiger partial charge in [-0.2, -0.15) is 11.8 Å². The zero-order chi connectivity index (χ0) is 13.1. The van der Waals surface area contributed by atoms with Crippen LogP contribution < -0.4 is 5.73 Å². The number of hydrogen-bond acceptors (Lipinski definition) is 3. The fourth-order valence-electron chi connectivity index (χ4n) is 2.20. The molecule has 2 rings (SSSR count). The second-order valence-corrected chi connectivity index (χ2v) is 6.19. The molecule has 1 saturated heterocycles. The van der Waals surface area contributed by atoms with Gasteiger partial charge in [-0.3, -0.25) is 4.90 Å². The van der Waals surface area contributed by atoms with E-state index in [4.69, 9.17) is 18.0 Å². The van der Waals surface area contributed by atoms with Gasteiger partial charge in [0.15, 0.2) is 0 Å². The van der Waals surface area contributed by atoms with Gasteiger partial charge in [0.1, 0.15) is 10.8 Å². The first-order valence-electron chi connectivity index (χ1n) is 5.94. The fourth-order valence-corrected chi connectivity index (χ4v) is 3.70. The molecule has 0 aliphatic carbocycles. The molecule has 0 spiro atoms. The first kappa shape index (κ1) is 13.8. The number of hydrogen-bond donors (Lipinski definition) is 1. The molecule has 0 amide bonds. The molecule has 1 aliphatic heterocycles. The maximum atomic E-state index is 13.3. The van der Waals surface area contributed by atoms with Crippen molar-refractivity contribution in [2.24, 2.45) is 5.73 Å². The maximum absolute atomic E-state index is 13.3. The van der Waals surface area contributed by atoms with Crippen LogP contribution in [-0.2, 0) is 6.54 Å². The average Bonchev–Trinajstić information content (AvgIpc) is 2.81. The van der Waals surface area contributed by atoms with E-state index in [0.717, 1.165) is 16.9 Å². The van der Waals surface area contributed by atoms with Crippen molar-refractivity contribution in [3.8, 4) is 0 Å². The van der Waals surface area contributed by atoms with Crippen LogP contribution in [0.3, 0.4) is 0 Å². The second-order valence-electron chi connectivity index (χ2n) is 4.60. The third-order valence-corrected chi connectivity index (χ3v) is 4.65. The van der Waals surface area contributed by atoms with E-state index < -0.39 is 0 Å². The molecule has 1 unspecified atom stereocenters. The molecule has 18 heavy (non-hydrogen) atoms. The molecule has 5 heteroatoms. The van der Waals surface area contributed by atoms with Gasteiger partial charge in [-0.1, -0.05) is 12.2 Å². The smallest absolute Gasteiger partial charge is 0.123 e. The van der Waals surface area contributed by atoms with E-state index in [0.29, 0.717) is 17.6 Å². The molecule has 2 N–H and O–H groups in total. The van der Waals surface area contributed by atoms with Gasteiger partial charge in [0.2, 0.25) is 0 Å². The van der Waals surface area contributed by atoms with Crippen molar-refractivity contribution >= 4 is 29.0 Å². The summed E-state index contributed by atoms with van der Waals surface area (Å²) >= 11 is 6.98. The van der Waals surface area contributed by atoms with Gasteiger partial charge in [0.25, 0.3) is 0 Å². The van der Waals surface area contributed by atoms with Crippen LogP contribution in [0.4, 0.5) is 4.39 Å². The fraction of sp³-hybridized carbons (Fsp3) is 0.462. The molecule has 1 aliphatic rings. The summed E-state index contributed by atoms with van der Waals surface area (Å²) in [4.78, 5) is 2.59. The van der Waals surface area contributed by atoms with Crippen LogP contribution in [0.25, 0.3) is 0 Å². The quantitative estimate of drug-likeness (QED) is 0.860. The summed E-state index contributed by atoms with van der Waals surface area (Å²) in [6, 6.07) is 5.18. The highest BCUT2D eigenvalue weighted by atomic mass is 32.2. The first-order valence-corrected chi connectivity index (χ1v) is 7.50. The van der Waals surface area contributed by atoms with Crippen molar-refractivity contribution in [1.29, 1.82) is 0 Å². The van der Waals surface area contributed by atoms with Crippen LogP contribution in [0.5, 0.6) is 0 Å². The maximum Gasteiger partial charge on any atom is 0.123 e. The summed E-state index contributed by atoms with van der Waals surface area (Å²) in [7, 11) is 2.07.